The number of allylic oxidation sites excluding steroid dienone is 1. The van der Waals surface area contributed by atoms with E-state index in [0.717, 1.165) is 23.6 Å². The van der Waals surface area contributed by atoms with Crippen molar-refractivity contribution in [1.82, 2.24) is 4.90 Å². The second-order valence-corrected chi connectivity index (χ2v) is 8.97. The first-order valence-corrected chi connectivity index (χ1v) is 12.1. The van der Waals surface area contributed by atoms with E-state index in [2.05, 4.69) is 5.32 Å². The highest BCUT2D eigenvalue weighted by molar-refractivity contribution is 6.02. The fourth-order valence-electron chi connectivity index (χ4n) is 5.50. The Labute approximate surface area is 199 Å². The van der Waals surface area contributed by atoms with Gasteiger partial charge in [-0.05, 0) is 42.2 Å². The number of carbonyl (C=O) groups excluding carboxylic acids is 3. The number of anilines is 1. The number of aliphatic hydroxyl groups is 1. The van der Waals surface area contributed by atoms with E-state index in [1.807, 2.05) is 61.5 Å². The average Bonchev–Trinajstić information content (AvgIpc) is 3.11. The van der Waals surface area contributed by atoms with Crippen LogP contribution >= 0.6 is 0 Å². The van der Waals surface area contributed by atoms with E-state index < -0.39 is 29.8 Å². The highest BCUT2D eigenvalue weighted by Gasteiger charge is 2.57. The summed E-state index contributed by atoms with van der Waals surface area (Å²) in [7, 11) is 0. The Kier molecular flexibility index (Phi) is 7.32. The number of carbonyl (C=O) groups is 3. The van der Waals surface area contributed by atoms with Gasteiger partial charge in [-0.1, -0.05) is 55.8 Å². The molecule has 0 saturated carbocycles. The quantitative estimate of drug-likeness (QED) is 0.461. The topological polar surface area (TPSA) is 95.9 Å². The van der Waals surface area contributed by atoms with Crippen LogP contribution in [-0.4, -0.2) is 53.6 Å². The second-order valence-electron chi connectivity index (χ2n) is 8.97. The Bertz CT molecular complexity index is 1100. The van der Waals surface area contributed by atoms with Crippen LogP contribution in [0.25, 0.3) is 10.8 Å². The predicted octanol–water partition coefficient (Wildman–Crippen LogP) is 3.38. The third kappa shape index (κ3) is 4.44. The zero-order chi connectivity index (χ0) is 24.2. The maximum atomic E-state index is 13.5. The molecule has 1 aliphatic heterocycles. The van der Waals surface area contributed by atoms with Crippen molar-refractivity contribution in [2.75, 3.05) is 25.1 Å². The number of hydrogen-bond acceptors (Lipinski definition) is 5. The number of ether oxygens (including phenoxy) is 1. The van der Waals surface area contributed by atoms with Crippen molar-refractivity contribution < 1.29 is 24.2 Å². The second kappa shape index (κ2) is 10.4. The minimum absolute atomic E-state index is 0.0312. The maximum Gasteiger partial charge on any atom is 0.310 e. The van der Waals surface area contributed by atoms with Gasteiger partial charge in [0, 0.05) is 18.2 Å². The molecule has 2 aliphatic rings. The fourth-order valence-corrected chi connectivity index (χ4v) is 5.50. The molecule has 1 fully saturated rings. The number of amides is 2. The molecule has 0 spiro atoms. The van der Waals surface area contributed by atoms with E-state index in [9.17, 15) is 19.5 Å². The first-order chi connectivity index (χ1) is 16.5. The van der Waals surface area contributed by atoms with Crippen molar-refractivity contribution in [3.8, 4) is 0 Å². The highest BCUT2D eigenvalue weighted by atomic mass is 16.5. The zero-order valence-corrected chi connectivity index (χ0v) is 19.6. The lowest BCUT2D eigenvalue weighted by molar-refractivity contribution is -0.155. The minimum atomic E-state index is -0.813. The summed E-state index contributed by atoms with van der Waals surface area (Å²) in [5, 5.41) is 14.7. The number of likely N-dealkylation sites (tertiary alicyclic amines) is 1. The van der Waals surface area contributed by atoms with Gasteiger partial charge < -0.3 is 20.1 Å². The standard InChI is InChI=1S/C27H32N2O5/c1-3-7-18-11-13-21-23(22(18)27(33)34-4-2)26(32)29(14-15-30)24(21)25(31)28-20-12-10-17-8-5-6-9-19(17)16-20/h5-6,8-13,16,18,21-24,30H,3-4,7,14-15H2,1-2H3,(H,28,31)/t18-,21+,22-,23+,24+/m1/s1. The van der Waals surface area contributed by atoms with Crippen molar-refractivity contribution >= 4 is 34.2 Å². The summed E-state index contributed by atoms with van der Waals surface area (Å²) >= 11 is 0. The molecule has 0 aromatic heterocycles. The zero-order valence-electron chi connectivity index (χ0n) is 19.6. The van der Waals surface area contributed by atoms with Gasteiger partial charge in [0.1, 0.15) is 6.04 Å². The lowest BCUT2D eigenvalue weighted by Crippen LogP contribution is -2.45. The van der Waals surface area contributed by atoms with Gasteiger partial charge in [0.25, 0.3) is 0 Å². The number of aliphatic hydroxyl groups excluding tert-OH is 1. The lowest BCUT2D eigenvalue weighted by atomic mass is 9.69. The molecule has 5 atom stereocenters. The molecule has 2 N–H and O–H groups in total. The van der Waals surface area contributed by atoms with E-state index in [0.29, 0.717) is 5.69 Å². The van der Waals surface area contributed by atoms with Gasteiger partial charge >= 0.3 is 5.97 Å². The van der Waals surface area contributed by atoms with Crippen molar-refractivity contribution in [1.29, 1.82) is 0 Å². The summed E-state index contributed by atoms with van der Waals surface area (Å²) in [6.45, 7) is 3.78. The predicted molar refractivity (Wildman–Crippen MR) is 130 cm³/mol. The number of rotatable bonds is 8. The molecular formula is C27H32N2O5. The van der Waals surface area contributed by atoms with Crippen LogP contribution in [0.3, 0.4) is 0 Å². The van der Waals surface area contributed by atoms with Crippen molar-refractivity contribution in [2.24, 2.45) is 23.7 Å². The molecule has 2 aromatic carbocycles. The van der Waals surface area contributed by atoms with E-state index in [1.165, 1.54) is 4.90 Å². The molecule has 1 aliphatic carbocycles. The van der Waals surface area contributed by atoms with Crippen LogP contribution in [0, 0.1) is 23.7 Å². The summed E-state index contributed by atoms with van der Waals surface area (Å²) in [5.41, 5.74) is 0.633. The van der Waals surface area contributed by atoms with Crippen LogP contribution in [0.1, 0.15) is 26.7 Å². The molecule has 0 unspecified atom stereocenters. The molecule has 7 heteroatoms. The Balaban J connectivity index is 1.66. The molecular weight excluding hydrogens is 432 g/mol. The smallest absolute Gasteiger partial charge is 0.310 e. The third-order valence-corrected chi connectivity index (χ3v) is 6.92. The van der Waals surface area contributed by atoms with Gasteiger partial charge in [0.15, 0.2) is 0 Å². The summed E-state index contributed by atoms with van der Waals surface area (Å²) in [6.07, 6.45) is 5.51. The Morgan fingerprint density at radius 1 is 1.09 bits per heavy atom. The molecule has 180 valence electrons. The summed E-state index contributed by atoms with van der Waals surface area (Å²) in [5.74, 6) is -2.91. The van der Waals surface area contributed by atoms with Crippen LogP contribution < -0.4 is 5.32 Å². The molecule has 1 heterocycles. The largest absolute Gasteiger partial charge is 0.466 e. The van der Waals surface area contributed by atoms with E-state index in [-0.39, 0.29) is 37.5 Å². The van der Waals surface area contributed by atoms with Crippen LogP contribution in [-0.2, 0) is 19.1 Å². The number of nitrogens with zero attached hydrogens (tertiary/aromatic N) is 1. The summed E-state index contributed by atoms with van der Waals surface area (Å²) in [4.78, 5) is 41.4. The first-order valence-electron chi connectivity index (χ1n) is 12.1. The SMILES string of the molecule is CCC[C@@H]1C=C[C@H]2[C@H](C(=O)N(CCO)[C@@H]2C(=O)Nc2ccc3ccccc3c2)[C@@H]1C(=O)OCC. The molecule has 2 aromatic rings. The molecule has 34 heavy (non-hydrogen) atoms. The number of benzene rings is 2. The Hall–Kier alpha value is -3.19. The number of esters is 1. The molecule has 4 rings (SSSR count). The number of β-amino-alcohol motifs (C(OH)–C–C–N with tert-alkyl or cyclic N) is 1. The summed E-state index contributed by atoms with van der Waals surface area (Å²) in [6, 6.07) is 12.7. The van der Waals surface area contributed by atoms with E-state index in [4.69, 9.17) is 4.74 Å². The number of nitrogens with one attached hydrogen (secondary N) is 1. The van der Waals surface area contributed by atoms with Crippen LogP contribution in [0.15, 0.2) is 54.6 Å². The van der Waals surface area contributed by atoms with Crippen LogP contribution in [0.4, 0.5) is 5.69 Å². The van der Waals surface area contributed by atoms with Gasteiger partial charge in [0.2, 0.25) is 11.8 Å². The van der Waals surface area contributed by atoms with Gasteiger partial charge in [-0.3, -0.25) is 14.4 Å². The normalized spacial score (nSPS) is 25.9. The lowest BCUT2D eigenvalue weighted by Gasteiger charge is -2.33. The first kappa shape index (κ1) is 24.0. The monoisotopic (exact) mass is 464 g/mol. The van der Waals surface area contributed by atoms with Crippen molar-refractivity contribution in [2.45, 2.75) is 32.7 Å². The van der Waals surface area contributed by atoms with Gasteiger partial charge in [-0.15, -0.1) is 0 Å². The van der Waals surface area contributed by atoms with Crippen molar-refractivity contribution in [3.63, 3.8) is 0 Å². The molecule has 0 radical (unpaired) electrons. The van der Waals surface area contributed by atoms with Gasteiger partial charge in [-0.2, -0.15) is 0 Å². The highest BCUT2D eigenvalue weighted by Crippen LogP contribution is 2.45. The molecule has 1 saturated heterocycles. The van der Waals surface area contributed by atoms with Crippen LogP contribution in [0.2, 0.25) is 0 Å². The molecule has 2 amide bonds. The minimum Gasteiger partial charge on any atom is -0.466 e. The Morgan fingerprint density at radius 2 is 1.85 bits per heavy atom. The molecule has 7 nitrogen and oxygen atoms in total. The fraction of sp³-hybridized carbons (Fsp3) is 0.444. The third-order valence-electron chi connectivity index (χ3n) is 6.92. The average molecular weight is 465 g/mol. The van der Waals surface area contributed by atoms with Gasteiger partial charge in [-0.25, -0.2) is 0 Å². The van der Waals surface area contributed by atoms with Crippen molar-refractivity contribution in [3.05, 3.63) is 54.6 Å². The van der Waals surface area contributed by atoms with Gasteiger partial charge in [0.05, 0.1) is 25.0 Å². The Morgan fingerprint density at radius 3 is 2.56 bits per heavy atom. The van der Waals surface area contributed by atoms with E-state index >= 15 is 0 Å². The number of fused-ring (bicyclic) bond motifs is 2. The van der Waals surface area contributed by atoms with E-state index in [1.54, 1.807) is 6.92 Å². The molecule has 0 bridgehead atoms. The van der Waals surface area contributed by atoms with Crippen LogP contribution in [0.5, 0.6) is 0 Å². The maximum absolute atomic E-state index is 13.5. The summed E-state index contributed by atoms with van der Waals surface area (Å²) < 4.78 is 5.35. The number of hydrogen-bond donors (Lipinski definition) is 2.